The second kappa shape index (κ2) is 6.23. The fourth-order valence-electron chi connectivity index (χ4n) is 3.86. The lowest BCUT2D eigenvalue weighted by molar-refractivity contribution is -0.111. The molecular formula is C23H24O7. The van der Waals surface area contributed by atoms with Crippen LogP contribution in [-0.4, -0.2) is 32.1 Å². The van der Waals surface area contributed by atoms with Gasteiger partial charge in [-0.3, -0.25) is 4.79 Å². The molecule has 0 bridgehead atoms. The predicted molar refractivity (Wildman–Crippen MR) is 112 cm³/mol. The molecule has 0 radical (unpaired) electrons. The van der Waals surface area contributed by atoms with E-state index in [1.165, 1.54) is 18.2 Å². The lowest BCUT2D eigenvalue weighted by Gasteiger charge is -2.40. The summed E-state index contributed by atoms with van der Waals surface area (Å²) in [6.45, 7) is 10.6. The summed E-state index contributed by atoms with van der Waals surface area (Å²) in [6.07, 6.45) is -0.822. The Labute approximate surface area is 172 Å². The molecule has 2 atom stereocenters. The van der Waals surface area contributed by atoms with Gasteiger partial charge in [-0.15, -0.1) is 6.58 Å². The number of hydrogen-bond donors (Lipinski definition) is 4. The first-order valence-corrected chi connectivity index (χ1v) is 9.58. The molecule has 158 valence electrons. The van der Waals surface area contributed by atoms with E-state index < -0.39 is 28.7 Å². The largest absolute Gasteiger partial charge is 0.507 e. The van der Waals surface area contributed by atoms with Crippen molar-refractivity contribution in [2.24, 2.45) is 0 Å². The molecular weight excluding hydrogens is 388 g/mol. The van der Waals surface area contributed by atoms with E-state index in [1.54, 1.807) is 33.8 Å². The summed E-state index contributed by atoms with van der Waals surface area (Å²) >= 11 is 0. The highest BCUT2D eigenvalue weighted by Crippen LogP contribution is 2.46. The first-order chi connectivity index (χ1) is 13.9. The minimum atomic E-state index is -1.24. The highest BCUT2D eigenvalue weighted by Gasteiger charge is 2.43. The van der Waals surface area contributed by atoms with E-state index in [-0.39, 0.29) is 44.8 Å². The molecule has 4 rings (SSSR count). The van der Waals surface area contributed by atoms with E-state index >= 15 is 0 Å². The minimum Gasteiger partial charge on any atom is -0.507 e. The third-order valence-electron chi connectivity index (χ3n) is 5.95. The Hall–Kier alpha value is -3.03. The van der Waals surface area contributed by atoms with Gasteiger partial charge in [0.2, 0.25) is 5.43 Å². The molecule has 0 spiro atoms. The SMILES string of the molecule is C=CC(C)(C)c1cc(O)c2oc3c4c(ccc3c(=O)c2c1O)[C@H](O)[C@H](O)C(C)(C)O4. The van der Waals surface area contributed by atoms with Gasteiger partial charge in [-0.2, -0.15) is 0 Å². The maximum Gasteiger partial charge on any atom is 0.204 e. The average molecular weight is 412 g/mol. The third-order valence-corrected chi connectivity index (χ3v) is 5.95. The summed E-state index contributed by atoms with van der Waals surface area (Å²) < 4.78 is 11.7. The number of fused-ring (bicyclic) bond motifs is 4. The number of aliphatic hydroxyl groups is 2. The first-order valence-electron chi connectivity index (χ1n) is 9.58. The lowest BCUT2D eigenvalue weighted by Crippen LogP contribution is -2.48. The van der Waals surface area contributed by atoms with Crippen molar-refractivity contribution in [2.75, 3.05) is 0 Å². The average Bonchev–Trinajstić information content (AvgIpc) is 2.68. The fourth-order valence-corrected chi connectivity index (χ4v) is 3.86. The van der Waals surface area contributed by atoms with Crippen molar-refractivity contribution in [3.63, 3.8) is 0 Å². The zero-order valence-electron chi connectivity index (χ0n) is 17.2. The van der Waals surface area contributed by atoms with Crippen LogP contribution in [0.3, 0.4) is 0 Å². The van der Waals surface area contributed by atoms with Gasteiger partial charge in [0.15, 0.2) is 22.7 Å². The smallest absolute Gasteiger partial charge is 0.204 e. The molecule has 1 aliphatic rings. The van der Waals surface area contributed by atoms with E-state index in [9.17, 15) is 25.2 Å². The second-order valence-electron chi connectivity index (χ2n) is 8.81. The zero-order chi connectivity index (χ0) is 22.2. The van der Waals surface area contributed by atoms with Crippen LogP contribution in [0.25, 0.3) is 21.9 Å². The van der Waals surface area contributed by atoms with Crippen LogP contribution in [0.2, 0.25) is 0 Å². The standard InChI is InChI=1S/C23H24O7/c1-6-22(2,3)12-9-13(24)20-14(17(12)27)15(25)10-7-8-11-16(26)21(28)23(4,5)30-19(11)18(10)29-20/h6-9,16,21,24,26-28H,1H2,2-5H3/t16-,21-/m0/s1. The number of hydrogen-bond acceptors (Lipinski definition) is 7. The number of rotatable bonds is 2. The van der Waals surface area contributed by atoms with Crippen LogP contribution in [0.15, 0.2) is 40.1 Å². The third kappa shape index (κ3) is 2.62. The van der Waals surface area contributed by atoms with Crippen LogP contribution in [0.1, 0.15) is 44.9 Å². The van der Waals surface area contributed by atoms with Gasteiger partial charge in [0.1, 0.15) is 28.9 Å². The summed E-state index contributed by atoms with van der Waals surface area (Å²) in [7, 11) is 0. The van der Waals surface area contributed by atoms with Crippen molar-refractivity contribution in [1.29, 1.82) is 0 Å². The minimum absolute atomic E-state index is 0.0226. The molecule has 1 aliphatic heterocycles. The number of benzene rings is 2. The Kier molecular flexibility index (Phi) is 4.21. The van der Waals surface area contributed by atoms with Crippen LogP contribution in [0.5, 0.6) is 17.2 Å². The van der Waals surface area contributed by atoms with Gasteiger partial charge in [-0.25, -0.2) is 0 Å². The van der Waals surface area contributed by atoms with E-state index in [4.69, 9.17) is 9.15 Å². The molecule has 4 N–H and O–H groups in total. The van der Waals surface area contributed by atoms with Crippen LogP contribution < -0.4 is 10.2 Å². The van der Waals surface area contributed by atoms with Gasteiger partial charge in [0.05, 0.1) is 5.39 Å². The second-order valence-corrected chi connectivity index (χ2v) is 8.81. The maximum atomic E-state index is 13.3. The van der Waals surface area contributed by atoms with Crippen LogP contribution in [-0.2, 0) is 5.41 Å². The Bertz CT molecular complexity index is 1270. The van der Waals surface area contributed by atoms with Gasteiger partial charge in [0, 0.05) is 16.5 Å². The van der Waals surface area contributed by atoms with Crippen molar-refractivity contribution in [1.82, 2.24) is 0 Å². The summed E-state index contributed by atoms with van der Waals surface area (Å²) in [5.74, 6) is -0.499. The topological polar surface area (TPSA) is 120 Å². The number of ether oxygens (including phenoxy) is 1. The summed E-state index contributed by atoms with van der Waals surface area (Å²) in [4.78, 5) is 13.3. The molecule has 0 unspecified atom stereocenters. The molecule has 0 saturated carbocycles. The first kappa shape index (κ1) is 20.3. The summed E-state index contributed by atoms with van der Waals surface area (Å²) in [5, 5.41) is 42.3. The van der Waals surface area contributed by atoms with Crippen molar-refractivity contribution in [2.45, 2.75) is 50.9 Å². The summed E-state index contributed by atoms with van der Waals surface area (Å²) in [5.41, 5.74) is -1.96. The van der Waals surface area contributed by atoms with Gasteiger partial charge < -0.3 is 29.6 Å². The predicted octanol–water partition coefficient (Wildman–Crippen LogP) is 3.39. The number of phenolic OH excluding ortho intramolecular Hbond substituents is 2. The molecule has 1 aromatic heterocycles. The molecule has 2 aromatic carbocycles. The normalized spacial score (nSPS) is 20.7. The number of allylic oxidation sites excluding steroid dienone is 1. The molecule has 0 saturated heterocycles. The molecule has 7 heteroatoms. The maximum absolute atomic E-state index is 13.3. The highest BCUT2D eigenvalue weighted by molar-refractivity contribution is 5.99. The molecule has 30 heavy (non-hydrogen) atoms. The Morgan fingerprint density at radius 2 is 1.83 bits per heavy atom. The molecule has 0 amide bonds. The fraction of sp³-hybridized carbons (Fsp3) is 0.348. The van der Waals surface area contributed by atoms with Crippen LogP contribution in [0.4, 0.5) is 0 Å². The Morgan fingerprint density at radius 3 is 2.47 bits per heavy atom. The van der Waals surface area contributed by atoms with Crippen LogP contribution in [0, 0.1) is 0 Å². The summed E-state index contributed by atoms with van der Waals surface area (Å²) in [6, 6.07) is 4.27. The lowest BCUT2D eigenvalue weighted by atomic mass is 9.83. The Balaban J connectivity index is 2.13. The molecule has 2 heterocycles. The van der Waals surface area contributed by atoms with E-state index in [2.05, 4.69) is 6.58 Å². The zero-order valence-corrected chi connectivity index (χ0v) is 17.2. The van der Waals surface area contributed by atoms with Gasteiger partial charge in [-0.05, 0) is 26.0 Å². The molecule has 0 fully saturated rings. The van der Waals surface area contributed by atoms with Gasteiger partial charge >= 0.3 is 0 Å². The monoisotopic (exact) mass is 412 g/mol. The Morgan fingerprint density at radius 1 is 1.17 bits per heavy atom. The van der Waals surface area contributed by atoms with Gasteiger partial charge in [-0.1, -0.05) is 26.0 Å². The number of phenols is 2. The van der Waals surface area contributed by atoms with Crippen molar-refractivity contribution >= 4 is 21.9 Å². The molecule has 0 aliphatic carbocycles. The highest BCUT2D eigenvalue weighted by atomic mass is 16.5. The van der Waals surface area contributed by atoms with E-state index in [0.717, 1.165) is 0 Å². The molecule has 7 nitrogen and oxygen atoms in total. The quantitative estimate of drug-likeness (QED) is 0.289. The van der Waals surface area contributed by atoms with Crippen molar-refractivity contribution in [3.05, 3.63) is 52.2 Å². The van der Waals surface area contributed by atoms with E-state index in [1.807, 2.05) is 0 Å². The number of aromatic hydroxyl groups is 2. The van der Waals surface area contributed by atoms with Crippen molar-refractivity contribution in [3.8, 4) is 17.2 Å². The van der Waals surface area contributed by atoms with Crippen molar-refractivity contribution < 1.29 is 29.6 Å². The van der Waals surface area contributed by atoms with Gasteiger partial charge in [0.25, 0.3) is 0 Å². The van der Waals surface area contributed by atoms with E-state index in [0.29, 0.717) is 5.56 Å². The number of aliphatic hydroxyl groups excluding tert-OH is 2. The molecule has 3 aromatic rings. The van der Waals surface area contributed by atoms with Crippen LogP contribution >= 0.6 is 0 Å².